The summed E-state index contributed by atoms with van der Waals surface area (Å²) in [4.78, 5) is 10.9. The van der Waals surface area contributed by atoms with Crippen molar-refractivity contribution >= 4 is 27.6 Å². The van der Waals surface area contributed by atoms with Gasteiger partial charge in [0.05, 0.1) is 5.56 Å². The topological polar surface area (TPSA) is 69.6 Å². The van der Waals surface area contributed by atoms with Crippen LogP contribution in [0.4, 0.5) is 5.69 Å². The zero-order valence-electron chi connectivity index (χ0n) is 9.61. The molecule has 0 radical (unpaired) electrons. The lowest BCUT2D eigenvalue weighted by molar-refractivity contribution is 0.0697. The summed E-state index contributed by atoms with van der Waals surface area (Å²) in [6, 6.07) is 4.99. The maximum absolute atomic E-state index is 10.9. The van der Waals surface area contributed by atoms with Crippen molar-refractivity contribution in [3.8, 4) is 0 Å². The van der Waals surface area contributed by atoms with E-state index in [1.54, 1.807) is 12.1 Å². The number of hydrogen-bond acceptors (Lipinski definition) is 3. The third-order valence-corrected chi connectivity index (χ3v) is 2.88. The maximum atomic E-state index is 10.9. The van der Waals surface area contributed by atoms with Crippen LogP contribution in [0.3, 0.4) is 0 Å². The predicted octanol–water partition coefficient (Wildman–Crippen LogP) is 2.58. The normalized spacial score (nSPS) is 12.2. The van der Waals surface area contributed by atoms with E-state index in [2.05, 4.69) is 21.2 Å². The third kappa shape index (κ3) is 4.75. The molecule has 1 atom stereocenters. The first kappa shape index (κ1) is 14.0. The molecule has 1 aromatic carbocycles. The van der Waals surface area contributed by atoms with Gasteiger partial charge in [-0.1, -0.05) is 22.9 Å². The fourth-order valence-electron chi connectivity index (χ4n) is 1.43. The van der Waals surface area contributed by atoms with Gasteiger partial charge in [-0.25, -0.2) is 4.79 Å². The molecule has 0 amide bonds. The lowest BCUT2D eigenvalue weighted by Crippen LogP contribution is -2.13. The number of carbonyl (C=O) groups is 1. The summed E-state index contributed by atoms with van der Waals surface area (Å²) >= 11 is 3.28. The van der Waals surface area contributed by atoms with Crippen LogP contribution in [-0.4, -0.2) is 29.3 Å². The van der Waals surface area contributed by atoms with Gasteiger partial charge >= 0.3 is 5.97 Å². The van der Waals surface area contributed by atoms with Crippen molar-refractivity contribution in [2.75, 3.05) is 18.5 Å². The summed E-state index contributed by atoms with van der Waals surface area (Å²) in [6.07, 6.45) is 0.729. The molecule has 3 N–H and O–H groups in total. The van der Waals surface area contributed by atoms with Gasteiger partial charge in [-0.2, -0.15) is 0 Å². The van der Waals surface area contributed by atoms with Gasteiger partial charge in [0, 0.05) is 23.3 Å². The van der Waals surface area contributed by atoms with Crippen molar-refractivity contribution in [2.24, 2.45) is 5.92 Å². The maximum Gasteiger partial charge on any atom is 0.335 e. The van der Waals surface area contributed by atoms with Crippen LogP contribution in [0.2, 0.25) is 0 Å². The molecule has 94 valence electrons. The summed E-state index contributed by atoms with van der Waals surface area (Å²) in [7, 11) is 0. The van der Waals surface area contributed by atoms with Gasteiger partial charge in [-0.3, -0.25) is 0 Å². The first-order valence-electron chi connectivity index (χ1n) is 5.41. The summed E-state index contributed by atoms with van der Waals surface area (Å²) in [6.45, 7) is 2.90. The molecule has 0 heterocycles. The smallest absolute Gasteiger partial charge is 0.335 e. The van der Waals surface area contributed by atoms with Gasteiger partial charge in [0.15, 0.2) is 0 Å². The molecule has 0 aromatic heterocycles. The number of aliphatic hydroxyl groups excluding tert-OH is 1. The number of rotatable bonds is 6. The molecule has 5 heteroatoms. The minimum Gasteiger partial charge on any atom is -0.478 e. The van der Waals surface area contributed by atoms with Crippen molar-refractivity contribution in [2.45, 2.75) is 13.3 Å². The number of carboxylic acid groups (broad SMARTS) is 1. The van der Waals surface area contributed by atoms with Crippen LogP contribution in [0.15, 0.2) is 22.7 Å². The first-order valence-corrected chi connectivity index (χ1v) is 6.21. The minimum absolute atomic E-state index is 0.168. The Morgan fingerprint density at radius 3 is 2.76 bits per heavy atom. The fourth-order valence-corrected chi connectivity index (χ4v) is 1.92. The number of aliphatic hydroxyl groups is 1. The molecule has 0 bridgehead atoms. The molecule has 0 saturated carbocycles. The number of aromatic carboxylic acids is 1. The van der Waals surface area contributed by atoms with Gasteiger partial charge in [-0.15, -0.1) is 0 Å². The number of hydrogen-bond donors (Lipinski definition) is 3. The lowest BCUT2D eigenvalue weighted by Gasteiger charge is -2.13. The van der Waals surface area contributed by atoms with Gasteiger partial charge < -0.3 is 15.5 Å². The van der Waals surface area contributed by atoms with Crippen LogP contribution >= 0.6 is 15.9 Å². The molecule has 0 aliphatic carbocycles. The highest BCUT2D eigenvalue weighted by Crippen LogP contribution is 2.20. The van der Waals surface area contributed by atoms with Crippen LogP contribution in [0.25, 0.3) is 0 Å². The monoisotopic (exact) mass is 301 g/mol. The van der Waals surface area contributed by atoms with Gasteiger partial charge in [-0.05, 0) is 30.5 Å². The van der Waals surface area contributed by atoms with E-state index in [1.807, 2.05) is 13.0 Å². The lowest BCUT2D eigenvalue weighted by atomic mass is 10.1. The highest BCUT2D eigenvalue weighted by atomic mass is 79.9. The largest absolute Gasteiger partial charge is 0.478 e. The second kappa shape index (κ2) is 6.61. The number of nitrogens with one attached hydrogen (secondary N) is 1. The van der Waals surface area contributed by atoms with Crippen LogP contribution in [0.5, 0.6) is 0 Å². The fraction of sp³-hybridized carbons (Fsp3) is 0.417. The molecule has 0 spiro atoms. The first-order chi connectivity index (χ1) is 8.02. The van der Waals surface area contributed by atoms with Crippen LogP contribution < -0.4 is 5.32 Å². The van der Waals surface area contributed by atoms with E-state index >= 15 is 0 Å². The minimum atomic E-state index is -0.947. The number of anilines is 1. The van der Waals surface area contributed by atoms with Gasteiger partial charge in [0.25, 0.3) is 0 Å². The standard InChI is InChI=1S/C12H16BrNO3/c1-8(2-3-15)7-14-11-5-9(12(16)17)4-10(13)6-11/h4-6,8,14-15H,2-3,7H2,1H3,(H,16,17). The van der Waals surface area contributed by atoms with Crippen LogP contribution in [0, 0.1) is 5.92 Å². The number of benzene rings is 1. The zero-order valence-corrected chi connectivity index (χ0v) is 11.2. The Morgan fingerprint density at radius 1 is 1.47 bits per heavy atom. The van der Waals surface area contributed by atoms with Crippen molar-refractivity contribution in [1.82, 2.24) is 0 Å². The van der Waals surface area contributed by atoms with E-state index in [9.17, 15) is 4.79 Å². The molecule has 1 aromatic rings. The molecule has 0 aliphatic heterocycles. The average molecular weight is 302 g/mol. The summed E-state index contributed by atoms with van der Waals surface area (Å²) in [5.41, 5.74) is 1.01. The molecule has 0 aliphatic rings. The summed E-state index contributed by atoms with van der Waals surface area (Å²) in [5.74, 6) is -0.606. The third-order valence-electron chi connectivity index (χ3n) is 2.42. The zero-order chi connectivity index (χ0) is 12.8. The van der Waals surface area contributed by atoms with E-state index in [4.69, 9.17) is 10.2 Å². The molecule has 0 saturated heterocycles. The second-order valence-electron chi connectivity index (χ2n) is 4.03. The van der Waals surface area contributed by atoms with E-state index in [1.165, 1.54) is 0 Å². The molecular formula is C12H16BrNO3. The van der Waals surface area contributed by atoms with Crippen LogP contribution in [-0.2, 0) is 0 Å². The van der Waals surface area contributed by atoms with E-state index < -0.39 is 5.97 Å². The molecule has 4 nitrogen and oxygen atoms in total. The Morgan fingerprint density at radius 2 is 2.18 bits per heavy atom. The Bertz CT molecular complexity index is 395. The van der Waals surface area contributed by atoms with Crippen molar-refractivity contribution in [3.05, 3.63) is 28.2 Å². The van der Waals surface area contributed by atoms with Crippen molar-refractivity contribution < 1.29 is 15.0 Å². The molecular weight excluding hydrogens is 286 g/mol. The highest BCUT2D eigenvalue weighted by Gasteiger charge is 2.07. The Hall–Kier alpha value is -1.07. The Labute approximate surface area is 109 Å². The summed E-state index contributed by atoms with van der Waals surface area (Å²) in [5, 5.41) is 20.9. The second-order valence-corrected chi connectivity index (χ2v) is 4.95. The van der Waals surface area contributed by atoms with E-state index in [0.29, 0.717) is 12.5 Å². The molecule has 17 heavy (non-hydrogen) atoms. The quantitative estimate of drug-likeness (QED) is 0.755. The molecule has 1 rings (SSSR count). The van der Waals surface area contributed by atoms with E-state index in [0.717, 1.165) is 16.6 Å². The van der Waals surface area contributed by atoms with Gasteiger partial charge in [0.1, 0.15) is 0 Å². The van der Waals surface area contributed by atoms with E-state index in [-0.39, 0.29) is 12.2 Å². The van der Waals surface area contributed by atoms with Gasteiger partial charge in [0.2, 0.25) is 0 Å². The average Bonchev–Trinajstić information content (AvgIpc) is 2.26. The predicted molar refractivity (Wildman–Crippen MR) is 70.5 cm³/mol. The molecule has 1 unspecified atom stereocenters. The Kier molecular flexibility index (Phi) is 5.44. The Balaban J connectivity index is 2.68. The number of halogens is 1. The summed E-state index contributed by atoms with van der Waals surface area (Å²) < 4.78 is 0.731. The van der Waals surface area contributed by atoms with Crippen LogP contribution in [0.1, 0.15) is 23.7 Å². The molecule has 0 fully saturated rings. The van der Waals surface area contributed by atoms with Crippen molar-refractivity contribution in [3.63, 3.8) is 0 Å². The van der Waals surface area contributed by atoms with Crippen molar-refractivity contribution in [1.29, 1.82) is 0 Å². The SMILES string of the molecule is CC(CCO)CNc1cc(Br)cc(C(=O)O)c1. The number of carboxylic acids is 1. The highest BCUT2D eigenvalue weighted by molar-refractivity contribution is 9.10.